The standard InChI is InChI=1S/C16H16ClN5O/c1-9-14(8-13-10(2)21-22(3)15(13)18-9)16(23)20-19-12-6-4-5-11(17)7-12/h4-8,19H,1-3H3,(H,20,23). The molecular formula is C16H16ClN5O. The van der Waals surface area contributed by atoms with Crippen molar-refractivity contribution >= 4 is 34.2 Å². The smallest absolute Gasteiger partial charge is 0.271 e. The largest absolute Gasteiger partial charge is 0.298 e. The maximum absolute atomic E-state index is 12.4. The van der Waals surface area contributed by atoms with E-state index in [1.54, 1.807) is 29.8 Å². The van der Waals surface area contributed by atoms with Crippen molar-refractivity contribution in [2.75, 3.05) is 5.43 Å². The van der Waals surface area contributed by atoms with E-state index in [1.807, 2.05) is 26.1 Å². The van der Waals surface area contributed by atoms with Gasteiger partial charge in [-0.1, -0.05) is 17.7 Å². The van der Waals surface area contributed by atoms with E-state index in [-0.39, 0.29) is 5.91 Å². The second kappa shape index (κ2) is 5.89. The molecule has 23 heavy (non-hydrogen) atoms. The molecule has 6 nitrogen and oxygen atoms in total. The van der Waals surface area contributed by atoms with Crippen molar-refractivity contribution < 1.29 is 4.79 Å². The molecule has 2 heterocycles. The van der Waals surface area contributed by atoms with E-state index >= 15 is 0 Å². The molecule has 0 saturated heterocycles. The molecule has 0 spiro atoms. The van der Waals surface area contributed by atoms with Gasteiger partial charge < -0.3 is 0 Å². The molecular weight excluding hydrogens is 314 g/mol. The van der Waals surface area contributed by atoms with Crippen LogP contribution in [0.1, 0.15) is 21.7 Å². The Kier molecular flexibility index (Phi) is 3.92. The lowest BCUT2D eigenvalue weighted by Crippen LogP contribution is -2.30. The molecule has 3 rings (SSSR count). The summed E-state index contributed by atoms with van der Waals surface area (Å²) in [7, 11) is 1.84. The SMILES string of the molecule is Cc1nc2c(cc1C(=O)NNc1cccc(Cl)c1)c(C)nn2C. The van der Waals surface area contributed by atoms with E-state index in [0.717, 1.165) is 16.7 Å². The molecule has 0 radical (unpaired) electrons. The third kappa shape index (κ3) is 2.98. The van der Waals surface area contributed by atoms with Gasteiger partial charge in [-0.25, -0.2) is 4.98 Å². The molecule has 0 unspecified atom stereocenters. The Morgan fingerprint density at radius 3 is 2.74 bits per heavy atom. The molecule has 1 amide bonds. The summed E-state index contributed by atoms with van der Waals surface area (Å²) in [6, 6.07) is 8.92. The molecule has 0 aliphatic heterocycles. The fraction of sp³-hybridized carbons (Fsp3) is 0.188. The van der Waals surface area contributed by atoms with Crippen LogP contribution in [0.3, 0.4) is 0 Å². The third-order valence-electron chi connectivity index (χ3n) is 3.58. The first kappa shape index (κ1) is 15.3. The summed E-state index contributed by atoms with van der Waals surface area (Å²) in [6.07, 6.45) is 0. The number of nitrogens with zero attached hydrogens (tertiary/aromatic N) is 3. The zero-order valence-corrected chi connectivity index (χ0v) is 13.8. The van der Waals surface area contributed by atoms with Gasteiger partial charge in [-0.05, 0) is 38.1 Å². The van der Waals surface area contributed by atoms with Crippen LogP contribution in [-0.2, 0) is 7.05 Å². The zero-order valence-electron chi connectivity index (χ0n) is 13.0. The summed E-state index contributed by atoms with van der Waals surface area (Å²) >= 11 is 5.92. The van der Waals surface area contributed by atoms with Crippen molar-refractivity contribution in [3.05, 3.63) is 52.3 Å². The van der Waals surface area contributed by atoms with Crippen LogP contribution >= 0.6 is 11.6 Å². The first-order valence-electron chi connectivity index (χ1n) is 7.08. The number of fused-ring (bicyclic) bond motifs is 1. The summed E-state index contributed by atoms with van der Waals surface area (Å²) < 4.78 is 1.71. The van der Waals surface area contributed by atoms with E-state index in [0.29, 0.717) is 22.0 Å². The highest BCUT2D eigenvalue weighted by Crippen LogP contribution is 2.19. The molecule has 0 saturated carbocycles. The predicted molar refractivity (Wildman–Crippen MR) is 90.5 cm³/mol. The Hall–Kier alpha value is -2.60. The summed E-state index contributed by atoms with van der Waals surface area (Å²) in [6.45, 7) is 3.70. The lowest BCUT2D eigenvalue weighted by molar-refractivity contribution is 0.0962. The quantitative estimate of drug-likeness (QED) is 0.725. The average Bonchev–Trinajstić information content (AvgIpc) is 2.78. The number of hydrogen-bond donors (Lipinski definition) is 2. The van der Waals surface area contributed by atoms with Gasteiger partial charge in [-0.15, -0.1) is 0 Å². The molecule has 1 aromatic carbocycles. The number of anilines is 1. The summed E-state index contributed by atoms with van der Waals surface area (Å²) in [4.78, 5) is 16.9. The molecule has 0 aliphatic carbocycles. The number of aryl methyl sites for hydroxylation is 3. The van der Waals surface area contributed by atoms with E-state index in [9.17, 15) is 4.79 Å². The minimum absolute atomic E-state index is 0.264. The van der Waals surface area contributed by atoms with Crippen molar-refractivity contribution in [2.24, 2.45) is 7.05 Å². The topological polar surface area (TPSA) is 71.8 Å². The van der Waals surface area contributed by atoms with Gasteiger partial charge in [-0.2, -0.15) is 5.10 Å². The molecule has 118 valence electrons. The Labute approximate surface area is 138 Å². The summed E-state index contributed by atoms with van der Waals surface area (Å²) in [5.74, 6) is -0.264. The van der Waals surface area contributed by atoms with Crippen molar-refractivity contribution in [1.29, 1.82) is 0 Å². The number of carbonyl (C=O) groups excluding carboxylic acids is 1. The van der Waals surface area contributed by atoms with Gasteiger partial charge >= 0.3 is 0 Å². The maximum atomic E-state index is 12.4. The predicted octanol–water partition coefficient (Wildman–Crippen LogP) is 3.00. The Bertz CT molecular complexity index is 903. The van der Waals surface area contributed by atoms with E-state index in [2.05, 4.69) is 20.9 Å². The van der Waals surface area contributed by atoms with E-state index < -0.39 is 0 Å². The Morgan fingerprint density at radius 1 is 1.22 bits per heavy atom. The highest BCUT2D eigenvalue weighted by atomic mass is 35.5. The first-order valence-corrected chi connectivity index (χ1v) is 7.46. The second-order valence-electron chi connectivity index (χ2n) is 5.29. The molecule has 2 aromatic heterocycles. The highest BCUT2D eigenvalue weighted by Gasteiger charge is 2.15. The molecule has 7 heteroatoms. The maximum Gasteiger partial charge on any atom is 0.271 e. The highest BCUT2D eigenvalue weighted by molar-refractivity contribution is 6.30. The van der Waals surface area contributed by atoms with Crippen LogP contribution in [0.15, 0.2) is 30.3 Å². The number of hydrogen-bond acceptors (Lipinski definition) is 4. The van der Waals surface area contributed by atoms with Gasteiger partial charge in [-0.3, -0.25) is 20.3 Å². The first-order chi connectivity index (χ1) is 11.0. The number of pyridine rings is 1. The number of aromatic nitrogens is 3. The van der Waals surface area contributed by atoms with Crippen molar-refractivity contribution in [1.82, 2.24) is 20.2 Å². The number of hydrazine groups is 1. The Morgan fingerprint density at radius 2 is 2.00 bits per heavy atom. The molecule has 0 fully saturated rings. The fourth-order valence-electron chi connectivity index (χ4n) is 2.42. The molecule has 0 aliphatic rings. The summed E-state index contributed by atoms with van der Waals surface area (Å²) in [5, 5.41) is 5.79. The minimum Gasteiger partial charge on any atom is -0.298 e. The monoisotopic (exact) mass is 329 g/mol. The molecule has 2 N–H and O–H groups in total. The van der Waals surface area contributed by atoms with Crippen LogP contribution in [0, 0.1) is 13.8 Å². The van der Waals surface area contributed by atoms with Gasteiger partial charge in [0.25, 0.3) is 5.91 Å². The normalized spacial score (nSPS) is 10.8. The van der Waals surface area contributed by atoms with Crippen LogP contribution in [0.4, 0.5) is 5.69 Å². The van der Waals surface area contributed by atoms with Crippen molar-refractivity contribution in [3.63, 3.8) is 0 Å². The van der Waals surface area contributed by atoms with E-state index in [1.165, 1.54) is 0 Å². The van der Waals surface area contributed by atoms with Gasteiger partial charge in [0.15, 0.2) is 5.65 Å². The Balaban J connectivity index is 1.86. The number of rotatable bonds is 3. The second-order valence-corrected chi connectivity index (χ2v) is 5.73. The van der Waals surface area contributed by atoms with Crippen LogP contribution in [0.25, 0.3) is 11.0 Å². The van der Waals surface area contributed by atoms with Gasteiger partial charge in [0.2, 0.25) is 0 Å². The third-order valence-corrected chi connectivity index (χ3v) is 3.81. The number of amides is 1. The molecule has 0 atom stereocenters. The van der Waals surface area contributed by atoms with Gasteiger partial charge in [0.1, 0.15) is 0 Å². The van der Waals surface area contributed by atoms with Crippen molar-refractivity contribution in [3.8, 4) is 0 Å². The van der Waals surface area contributed by atoms with Crippen molar-refractivity contribution in [2.45, 2.75) is 13.8 Å². The molecule has 0 bridgehead atoms. The number of benzene rings is 1. The number of halogens is 1. The summed E-state index contributed by atoms with van der Waals surface area (Å²) in [5.41, 5.74) is 8.96. The lowest BCUT2D eigenvalue weighted by atomic mass is 10.1. The van der Waals surface area contributed by atoms with Crippen LogP contribution in [-0.4, -0.2) is 20.7 Å². The van der Waals surface area contributed by atoms with E-state index in [4.69, 9.17) is 11.6 Å². The molecule has 3 aromatic rings. The zero-order chi connectivity index (χ0) is 16.6. The minimum atomic E-state index is -0.264. The van der Waals surface area contributed by atoms with Crippen LogP contribution < -0.4 is 10.9 Å². The number of carbonyl (C=O) groups is 1. The van der Waals surface area contributed by atoms with Crippen LogP contribution in [0.5, 0.6) is 0 Å². The lowest BCUT2D eigenvalue weighted by Gasteiger charge is -2.10. The fourth-order valence-corrected chi connectivity index (χ4v) is 2.61. The van der Waals surface area contributed by atoms with Crippen LogP contribution in [0.2, 0.25) is 5.02 Å². The van der Waals surface area contributed by atoms with Gasteiger partial charge in [0.05, 0.1) is 22.6 Å². The number of nitrogens with one attached hydrogen (secondary N) is 2. The average molecular weight is 330 g/mol. The van der Waals surface area contributed by atoms with Gasteiger partial charge in [0, 0.05) is 17.5 Å².